The van der Waals surface area contributed by atoms with Crippen LogP contribution in [0.5, 0.6) is 0 Å². The molecule has 6 nitrogen and oxygen atoms in total. The molecule has 1 aromatic carbocycles. The second-order valence-corrected chi connectivity index (χ2v) is 5.36. The number of piperidine rings is 1. The van der Waals surface area contributed by atoms with E-state index in [0.717, 1.165) is 5.56 Å². The van der Waals surface area contributed by atoms with E-state index in [4.69, 9.17) is 10.5 Å². The first-order valence-corrected chi connectivity index (χ1v) is 7.64. The van der Waals surface area contributed by atoms with Crippen molar-refractivity contribution in [3.05, 3.63) is 35.9 Å². The molecule has 1 atom stereocenters. The molecular formula is C16H23N3O3. The van der Waals surface area contributed by atoms with Crippen LogP contribution in [0.1, 0.15) is 31.4 Å². The Morgan fingerprint density at radius 1 is 1.32 bits per heavy atom. The third kappa shape index (κ3) is 4.21. The molecule has 120 valence electrons. The Morgan fingerprint density at radius 2 is 1.95 bits per heavy atom. The Morgan fingerprint density at radius 3 is 2.55 bits per heavy atom. The lowest BCUT2D eigenvalue weighted by molar-refractivity contribution is -0.123. The van der Waals surface area contributed by atoms with E-state index >= 15 is 0 Å². The molecule has 0 aromatic heterocycles. The van der Waals surface area contributed by atoms with Gasteiger partial charge in [-0.2, -0.15) is 0 Å². The number of carbonyl (C=O) groups excluding carboxylic acids is 2. The van der Waals surface area contributed by atoms with Crippen molar-refractivity contribution in [3.63, 3.8) is 0 Å². The maximum Gasteiger partial charge on any atom is 0.409 e. The largest absolute Gasteiger partial charge is 0.450 e. The van der Waals surface area contributed by atoms with E-state index in [9.17, 15) is 9.59 Å². The first-order valence-electron chi connectivity index (χ1n) is 7.64. The number of ether oxygens (including phenoxy) is 1. The van der Waals surface area contributed by atoms with E-state index in [1.54, 1.807) is 11.8 Å². The van der Waals surface area contributed by atoms with Crippen molar-refractivity contribution < 1.29 is 14.3 Å². The van der Waals surface area contributed by atoms with Gasteiger partial charge < -0.3 is 20.7 Å². The Labute approximate surface area is 130 Å². The highest BCUT2D eigenvalue weighted by molar-refractivity contribution is 5.83. The molecule has 3 N–H and O–H groups in total. The number of carbonyl (C=O) groups is 2. The number of amides is 2. The van der Waals surface area contributed by atoms with E-state index in [1.165, 1.54) is 0 Å². The Bertz CT molecular complexity index is 499. The highest BCUT2D eigenvalue weighted by Crippen LogP contribution is 2.14. The number of hydrogen-bond donors (Lipinski definition) is 2. The fraction of sp³-hybridized carbons (Fsp3) is 0.500. The van der Waals surface area contributed by atoms with Crippen LogP contribution in [0.4, 0.5) is 4.79 Å². The summed E-state index contributed by atoms with van der Waals surface area (Å²) in [6, 6.07) is 8.68. The lowest BCUT2D eigenvalue weighted by Gasteiger charge is -2.32. The van der Waals surface area contributed by atoms with Gasteiger partial charge in [0.2, 0.25) is 5.91 Å². The van der Waals surface area contributed by atoms with Gasteiger partial charge in [-0.05, 0) is 25.3 Å². The molecule has 2 rings (SSSR count). The molecule has 0 bridgehead atoms. The molecule has 0 radical (unpaired) electrons. The first kappa shape index (κ1) is 16.3. The SMILES string of the molecule is CCOC(=O)N1CCC(NC(=O)[C@@H](N)c2ccccc2)CC1. The summed E-state index contributed by atoms with van der Waals surface area (Å²) in [5.41, 5.74) is 6.77. The number of nitrogens with zero attached hydrogens (tertiary/aromatic N) is 1. The molecule has 22 heavy (non-hydrogen) atoms. The standard InChI is InChI=1S/C16H23N3O3/c1-2-22-16(21)19-10-8-13(9-11-19)18-15(20)14(17)12-6-4-3-5-7-12/h3-7,13-14H,2,8-11,17H2,1H3,(H,18,20)/t14-/m0/s1. The van der Waals surface area contributed by atoms with E-state index < -0.39 is 6.04 Å². The predicted octanol–water partition coefficient (Wildman–Crippen LogP) is 1.42. The van der Waals surface area contributed by atoms with Crippen molar-refractivity contribution in [1.29, 1.82) is 0 Å². The van der Waals surface area contributed by atoms with Gasteiger partial charge in [0.1, 0.15) is 6.04 Å². The number of hydrogen-bond acceptors (Lipinski definition) is 4. The maximum atomic E-state index is 12.2. The second-order valence-electron chi connectivity index (χ2n) is 5.36. The van der Waals surface area contributed by atoms with E-state index in [0.29, 0.717) is 32.5 Å². The Kier molecular flexibility index (Phi) is 5.77. The molecule has 2 amide bonds. The minimum absolute atomic E-state index is 0.0490. The van der Waals surface area contributed by atoms with Gasteiger partial charge in [-0.1, -0.05) is 30.3 Å². The molecule has 6 heteroatoms. The van der Waals surface area contributed by atoms with E-state index in [2.05, 4.69) is 5.32 Å². The molecule has 0 spiro atoms. The van der Waals surface area contributed by atoms with Crippen molar-refractivity contribution >= 4 is 12.0 Å². The zero-order valence-corrected chi connectivity index (χ0v) is 12.8. The summed E-state index contributed by atoms with van der Waals surface area (Å²) in [7, 11) is 0. The van der Waals surface area contributed by atoms with Crippen LogP contribution in [0.25, 0.3) is 0 Å². The third-order valence-corrected chi connectivity index (χ3v) is 3.81. The van der Waals surface area contributed by atoms with Gasteiger partial charge in [0.05, 0.1) is 6.61 Å². The van der Waals surface area contributed by atoms with Crippen LogP contribution < -0.4 is 11.1 Å². The Balaban J connectivity index is 1.81. The van der Waals surface area contributed by atoms with Crippen molar-refractivity contribution in [3.8, 4) is 0 Å². The number of likely N-dealkylation sites (tertiary alicyclic amines) is 1. The molecule has 1 heterocycles. The average molecular weight is 305 g/mol. The van der Waals surface area contributed by atoms with Crippen LogP contribution in [0.2, 0.25) is 0 Å². The molecule has 0 unspecified atom stereocenters. The molecule has 1 saturated heterocycles. The van der Waals surface area contributed by atoms with Crippen LogP contribution in [0.15, 0.2) is 30.3 Å². The maximum absolute atomic E-state index is 12.2. The minimum atomic E-state index is -0.663. The van der Waals surface area contributed by atoms with Gasteiger partial charge in [0.25, 0.3) is 0 Å². The van der Waals surface area contributed by atoms with Crippen LogP contribution in [0.3, 0.4) is 0 Å². The average Bonchev–Trinajstić information content (AvgIpc) is 2.55. The number of benzene rings is 1. The zero-order valence-electron chi connectivity index (χ0n) is 12.8. The van der Waals surface area contributed by atoms with E-state index in [-0.39, 0.29) is 18.0 Å². The highest BCUT2D eigenvalue weighted by atomic mass is 16.6. The Hall–Kier alpha value is -2.08. The quantitative estimate of drug-likeness (QED) is 0.881. The monoisotopic (exact) mass is 305 g/mol. The summed E-state index contributed by atoms with van der Waals surface area (Å²) >= 11 is 0. The summed E-state index contributed by atoms with van der Waals surface area (Å²) in [4.78, 5) is 25.5. The fourth-order valence-electron chi connectivity index (χ4n) is 2.52. The summed E-state index contributed by atoms with van der Waals surface area (Å²) < 4.78 is 4.97. The van der Waals surface area contributed by atoms with Gasteiger partial charge in [-0.15, -0.1) is 0 Å². The number of nitrogens with two attached hydrogens (primary N) is 1. The summed E-state index contributed by atoms with van der Waals surface area (Å²) in [5.74, 6) is -0.180. The highest BCUT2D eigenvalue weighted by Gasteiger charge is 2.26. The second kappa shape index (κ2) is 7.79. The summed E-state index contributed by atoms with van der Waals surface area (Å²) in [6.07, 6.45) is 1.14. The van der Waals surface area contributed by atoms with Crippen molar-refractivity contribution in [2.24, 2.45) is 5.73 Å². The molecule has 0 aliphatic carbocycles. The normalized spacial score (nSPS) is 16.9. The smallest absolute Gasteiger partial charge is 0.409 e. The van der Waals surface area contributed by atoms with Crippen LogP contribution in [0, 0.1) is 0 Å². The van der Waals surface area contributed by atoms with Gasteiger partial charge in [0, 0.05) is 19.1 Å². The van der Waals surface area contributed by atoms with Crippen molar-refractivity contribution in [1.82, 2.24) is 10.2 Å². The van der Waals surface area contributed by atoms with Crippen LogP contribution in [-0.4, -0.2) is 42.6 Å². The first-order chi connectivity index (χ1) is 10.6. The molecule has 1 aliphatic heterocycles. The molecule has 0 saturated carbocycles. The van der Waals surface area contributed by atoms with Crippen LogP contribution >= 0.6 is 0 Å². The molecule has 1 aromatic rings. The molecule has 1 aliphatic rings. The van der Waals surface area contributed by atoms with Crippen molar-refractivity contribution in [2.75, 3.05) is 19.7 Å². The third-order valence-electron chi connectivity index (χ3n) is 3.81. The van der Waals surface area contributed by atoms with Crippen molar-refractivity contribution in [2.45, 2.75) is 31.8 Å². The van der Waals surface area contributed by atoms with E-state index in [1.807, 2.05) is 30.3 Å². The summed E-state index contributed by atoms with van der Waals surface area (Å²) in [5, 5.41) is 2.97. The summed E-state index contributed by atoms with van der Waals surface area (Å²) in [6.45, 7) is 3.34. The fourth-order valence-corrected chi connectivity index (χ4v) is 2.52. The molecule has 1 fully saturated rings. The lowest BCUT2D eigenvalue weighted by Crippen LogP contribution is -2.48. The van der Waals surface area contributed by atoms with Gasteiger partial charge in [0.15, 0.2) is 0 Å². The van der Waals surface area contributed by atoms with Crippen LogP contribution in [-0.2, 0) is 9.53 Å². The zero-order chi connectivity index (χ0) is 15.9. The number of nitrogens with one attached hydrogen (secondary N) is 1. The minimum Gasteiger partial charge on any atom is -0.450 e. The predicted molar refractivity (Wildman–Crippen MR) is 83.1 cm³/mol. The van der Waals surface area contributed by atoms with Gasteiger partial charge in [-0.25, -0.2) is 4.79 Å². The lowest BCUT2D eigenvalue weighted by atomic mass is 10.0. The number of rotatable bonds is 4. The molecular weight excluding hydrogens is 282 g/mol. The topological polar surface area (TPSA) is 84.7 Å². The van der Waals surface area contributed by atoms with Gasteiger partial charge >= 0.3 is 6.09 Å². The van der Waals surface area contributed by atoms with Gasteiger partial charge in [-0.3, -0.25) is 4.79 Å².